The standard InChI is InChI=1S/C12H25N3O4/c1-12(2,8-15(3)4)7-13-11(19)14-9(5-6-16)10(17)18/h9,16H,5-8H2,1-4H3,(H,17,18)(H2,13,14,19)/t9-/m1/s1. The van der Waals surface area contributed by atoms with Gasteiger partial charge in [0.1, 0.15) is 6.04 Å². The number of carbonyl (C=O) groups is 2. The molecule has 0 heterocycles. The van der Waals surface area contributed by atoms with Gasteiger partial charge in [0, 0.05) is 26.1 Å². The number of nitrogens with one attached hydrogen (secondary N) is 2. The lowest BCUT2D eigenvalue weighted by Gasteiger charge is -2.28. The minimum atomic E-state index is -1.16. The molecule has 19 heavy (non-hydrogen) atoms. The molecule has 0 saturated heterocycles. The SMILES string of the molecule is CN(C)CC(C)(C)CNC(=O)N[C@H](CCO)C(=O)O. The molecule has 0 spiro atoms. The van der Waals surface area contributed by atoms with Crippen LogP contribution in [-0.2, 0) is 4.79 Å². The molecular weight excluding hydrogens is 250 g/mol. The van der Waals surface area contributed by atoms with Crippen LogP contribution in [0.5, 0.6) is 0 Å². The van der Waals surface area contributed by atoms with E-state index in [0.717, 1.165) is 6.54 Å². The molecule has 2 amide bonds. The number of aliphatic hydroxyl groups excluding tert-OH is 1. The van der Waals surface area contributed by atoms with Gasteiger partial charge in [0.2, 0.25) is 0 Å². The second-order valence-electron chi connectivity index (χ2n) is 5.63. The summed E-state index contributed by atoms with van der Waals surface area (Å²) < 4.78 is 0. The molecule has 0 unspecified atom stereocenters. The third kappa shape index (κ3) is 8.39. The maximum absolute atomic E-state index is 11.6. The summed E-state index contributed by atoms with van der Waals surface area (Å²) >= 11 is 0. The van der Waals surface area contributed by atoms with E-state index in [1.54, 1.807) is 0 Å². The number of carboxylic acids is 1. The monoisotopic (exact) mass is 275 g/mol. The van der Waals surface area contributed by atoms with Crippen LogP contribution in [0.15, 0.2) is 0 Å². The highest BCUT2D eigenvalue weighted by Gasteiger charge is 2.22. The molecule has 7 heteroatoms. The normalized spacial score (nSPS) is 13.2. The summed E-state index contributed by atoms with van der Waals surface area (Å²) in [5.74, 6) is -1.16. The first-order valence-electron chi connectivity index (χ1n) is 6.20. The first-order valence-corrected chi connectivity index (χ1v) is 6.20. The zero-order chi connectivity index (χ0) is 15.1. The first-order chi connectivity index (χ1) is 8.68. The summed E-state index contributed by atoms with van der Waals surface area (Å²) in [7, 11) is 3.90. The number of carbonyl (C=O) groups excluding carboxylic acids is 1. The summed E-state index contributed by atoms with van der Waals surface area (Å²) in [6.45, 7) is 4.96. The van der Waals surface area contributed by atoms with E-state index < -0.39 is 18.0 Å². The molecule has 0 aliphatic carbocycles. The zero-order valence-electron chi connectivity index (χ0n) is 12.1. The molecule has 0 rings (SSSR count). The Hall–Kier alpha value is -1.34. The quantitative estimate of drug-likeness (QED) is 0.487. The Bertz CT molecular complexity index is 305. The van der Waals surface area contributed by atoms with Crippen LogP contribution in [0, 0.1) is 5.41 Å². The third-order valence-corrected chi connectivity index (χ3v) is 2.49. The van der Waals surface area contributed by atoms with Crippen molar-refractivity contribution < 1.29 is 19.8 Å². The molecule has 0 aromatic rings. The molecule has 4 N–H and O–H groups in total. The van der Waals surface area contributed by atoms with Crippen LogP contribution in [0.4, 0.5) is 4.79 Å². The topological polar surface area (TPSA) is 102 Å². The lowest BCUT2D eigenvalue weighted by Crippen LogP contribution is -2.49. The molecule has 0 aromatic heterocycles. The Morgan fingerprint density at radius 2 is 1.89 bits per heavy atom. The van der Waals surface area contributed by atoms with Gasteiger partial charge >= 0.3 is 12.0 Å². The molecule has 7 nitrogen and oxygen atoms in total. The summed E-state index contributed by atoms with van der Waals surface area (Å²) in [5, 5.41) is 22.5. The van der Waals surface area contributed by atoms with Gasteiger partial charge in [-0.25, -0.2) is 9.59 Å². The van der Waals surface area contributed by atoms with Gasteiger partial charge in [0.05, 0.1) is 0 Å². The molecule has 0 aromatic carbocycles. The Balaban J connectivity index is 4.20. The Labute approximate surface area is 114 Å². The lowest BCUT2D eigenvalue weighted by molar-refractivity contribution is -0.139. The van der Waals surface area contributed by atoms with E-state index in [-0.39, 0.29) is 18.4 Å². The predicted molar refractivity (Wildman–Crippen MR) is 72.0 cm³/mol. The van der Waals surface area contributed by atoms with Gasteiger partial charge in [-0.1, -0.05) is 13.8 Å². The van der Waals surface area contributed by atoms with E-state index in [0.29, 0.717) is 6.54 Å². The van der Waals surface area contributed by atoms with Gasteiger partial charge < -0.3 is 25.7 Å². The fraction of sp³-hybridized carbons (Fsp3) is 0.833. The van der Waals surface area contributed by atoms with Crippen molar-refractivity contribution in [2.24, 2.45) is 5.41 Å². The molecule has 0 saturated carbocycles. The number of rotatable bonds is 8. The lowest BCUT2D eigenvalue weighted by atomic mass is 9.93. The Morgan fingerprint density at radius 1 is 1.32 bits per heavy atom. The van der Waals surface area contributed by atoms with Gasteiger partial charge in [-0.3, -0.25) is 0 Å². The van der Waals surface area contributed by atoms with E-state index in [2.05, 4.69) is 10.6 Å². The second kappa shape index (κ2) is 7.96. The Morgan fingerprint density at radius 3 is 2.32 bits per heavy atom. The molecular formula is C12H25N3O4. The minimum Gasteiger partial charge on any atom is -0.480 e. The fourth-order valence-corrected chi connectivity index (χ4v) is 1.83. The highest BCUT2D eigenvalue weighted by Crippen LogP contribution is 2.13. The number of amides is 2. The van der Waals surface area contributed by atoms with Gasteiger partial charge in [-0.15, -0.1) is 0 Å². The van der Waals surface area contributed by atoms with Crippen molar-refractivity contribution in [2.45, 2.75) is 26.3 Å². The van der Waals surface area contributed by atoms with Crippen LogP contribution in [-0.4, -0.2) is 66.9 Å². The maximum Gasteiger partial charge on any atom is 0.326 e. The van der Waals surface area contributed by atoms with Crippen LogP contribution < -0.4 is 10.6 Å². The van der Waals surface area contributed by atoms with Crippen molar-refractivity contribution in [3.63, 3.8) is 0 Å². The number of aliphatic carboxylic acids is 1. The molecule has 0 aliphatic heterocycles. The van der Waals surface area contributed by atoms with Crippen LogP contribution in [0.1, 0.15) is 20.3 Å². The summed E-state index contributed by atoms with van der Waals surface area (Å²) in [4.78, 5) is 24.4. The summed E-state index contributed by atoms with van der Waals surface area (Å²) in [5.41, 5.74) is -0.115. The number of aliphatic hydroxyl groups is 1. The molecule has 0 radical (unpaired) electrons. The predicted octanol–water partition coefficient (Wildman–Crippen LogP) is -0.291. The largest absolute Gasteiger partial charge is 0.480 e. The number of hydrogen-bond acceptors (Lipinski definition) is 4. The first kappa shape index (κ1) is 17.7. The van der Waals surface area contributed by atoms with Crippen molar-refractivity contribution in [3.8, 4) is 0 Å². The molecule has 1 atom stereocenters. The van der Waals surface area contributed by atoms with Crippen molar-refractivity contribution in [2.75, 3.05) is 33.8 Å². The molecule has 0 bridgehead atoms. The Kier molecular flexibility index (Phi) is 7.40. The van der Waals surface area contributed by atoms with Crippen molar-refractivity contribution in [1.29, 1.82) is 0 Å². The van der Waals surface area contributed by atoms with E-state index in [9.17, 15) is 9.59 Å². The molecule has 0 fully saturated rings. The number of nitrogens with zero attached hydrogens (tertiary/aromatic N) is 1. The van der Waals surface area contributed by atoms with Crippen molar-refractivity contribution in [1.82, 2.24) is 15.5 Å². The zero-order valence-corrected chi connectivity index (χ0v) is 12.1. The highest BCUT2D eigenvalue weighted by atomic mass is 16.4. The van der Waals surface area contributed by atoms with E-state index in [1.807, 2.05) is 32.8 Å². The highest BCUT2D eigenvalue weighted by molar-refractivity contribution is 5.82. The van der Waals surface area contributed by atoms with Crippen LogP contribution in [0.3, 0.4) is 0 Å². The summed E-state index contributed by atoms with van der Waals surface area (Å²) in [6, 6.07) is -1.60. The van der Waals surface area contributed by atoms with Crippen LogP contribution in [0.25, 0.3) is 0 Å². The van der Waals surface area contributed by atoms with Gasteiger partial charge in [0.25, 0.3) is 0 Å². The van der Waals surface area contributed by atoms with Crippen molar-refractivity contribution in [3.05, 3.63) is 0 Å². The molecule has 0 aliphatic rings. The average Bonchev–Trinajstić information content (AvgIpc) is 2.24. The number of urea groups is 1. The minimum absolute atomic E-state index is 0.0101. The summed E-state index contributed by atoms with van der Waals surface area (Å²) in [6.07, 6.45) is -0.0101. The van der Waals surface area contributed by atoms with E-state index >= 15 is 0 Å². The number of hydrogen-bond donors (Lipinski definition) is 4. The van der Waals surface area contributed by atoms with Crippen LogP contribution in [0.2, 0.25) is 0 Å². The van der Waals surface area contributed by atoms with Crippen LogP contribution >= 0.6 is 0 Å². The van der Waals surface area contributed by atoms with Gasteiger partial charge in [0.15, 0.2) is 0 Å². The average molecular weight is 275 g/mol. The third-order valence-electron chi connectivity index (χ3n) is 2.49. The van der Waals surface area contributed by atoms with E-state index in [4.69, 9.17) is 10.2 Å². The smallest absolute Gasteiger partial charge is 0.326 e. The van der Waals surface area contributed by atoms with Gasteiger partial charge in [-0.05, 0) is 19.5 Å². The number of carboxylic acid groups (broad SMARTS) is 1. The fourth-order valence-electron chi connectivity index (χ4n) is 1.83. The van der Waals surface area contributed by atoms with Gasteiger partial charge in [-0.2, -0.15) is 0 Å². The maximum atomic E-state index is 11.6. The van der Waals surface area contributed by atoms with Crippen molar-refractivity contribution >= 4 is 12.0 Å². The second-order valence-corrected chi connectivity index (χ2v) is 5.63. The van der Waals surface area contributed by atoms with E-state index in [1.165, 1.54) is 0 Å². The molecule has 112 valence electrons.